The lowest BCUT2D eigenvalue weighted by Gasteiger charge is -2.41. The quantitative estimate of drug-likeness (QED) is 0.781. The van der Waals surface area contributed by atoms with E-state index in [2.05, 4.69) is 10.6 Å². The first-order chi connectivity index (χ1) is 10.6. The third kappa shape index (κ3) is 5.06. The molecule has 0 saturated carbocycles. The molecular formula is C16H30ClN3O3. The highest BCUT2D eigenvalue weighted by Gasteiger charge is 2.43. The number of likely N-dealkylation sites (tertiary alicyclic amines) is 1. The summed E-state index contributed by atoms with van der Waals surface area (Å²) in [5.74, 6) is 0.177. The largest absolute Gasteiger partial charge is 0.368 e. The smallest absolute Gasteiger partial charge is 0.254 e. The van der Waals surface area contributed by atoms with E-state index in [1.165, 1.54) is 0 Å². The Morgan fingerprint density at radius 1 is 1.35 bits per heavy atom. The fourth-order valence-electron chi connectivity index (χ4n) is 3.43. The number of nitrogens with one attached hydrogen (secondary N) is 2. The summed E-state index contributed by atoms with van der Waals surface area (Å²) >= 11 is 0. The van der Waals surface area contributed by atoms with Gasteiger partial charge >= 0.3 is 0 Å². The maximum atomic E-state index is 12.9. The van der Waals surface area contributed by atoms with Crippen molar-refractivity contribution in [2.75, 3.05) is 33.3 Å². The van der Waals surface area contributed by atoms with Crippen molar-refractivity contribution in [1.29, 1.82) is 0 Å². The fourth-order valence-corrected chi connectivity index (χ4v) is 3.43. The van der Waals surface area contributed by atoms with Crippen molar-refractivity contribution >= 4 is 24.2 Å². The van der Waals surface area contributed by atoms with E-state index in [1.54, 1.807) is 7.11 Å². The summed E-state index contributed by atoms with van der Waals surface area (Å²) in [5.41, 5.74) is -0.680. The number of nitrogens with zero attached hydrogens (tertiary/aromatic N) is 1. The molecule has 0 bridgehead atoms. The summed E-state index contributed by atoms with van der Waals surface area (Å²) in [6.45, 7) is 4.98. The van der Waals surface area contributed by atoms with E-state index >= 15 is 0 Å². The van der Waals surface area contributed by atoms with Crippen LogP contribution in [0.4, 0.5) is 0 Å². The van der Waals surface area contributed by atoms with Crippen LogP contribution in [-0.2, 0) is 14.3 Å². The molecule has 0 radical (unpaired) electrons. The van der Waals surface area contributed by atoms with Gasteiger partial charge in [-0.3, -0.25) is 9.59 Å². The van der Waals surface area contributed by atoms with Crippen molar-refractivity contribution in [2.45, 2.75) is 57.1 Å². The van der Waals surface area contributed by atoms with Gasteiger partial charge in [0.1, 0.15) is 5.60 Å². The molecule has 2 aliphatic rings. The Bertz CT molecular complexity index is 400. The lowest BCUT2D eigenvalue weighted by Crippen LogP contribution is -2.59. The Balaban J connectivity index is 0.00000264. The highest BCUT2D eigenvalue weighted by Crippen LogP contribution is 2.26. The van der Waals surface area contributed by atoms with E-state index in [1.807, 2.05) is 11.8 Å². The number of methoxy groups -OCH3 is 1. The lowest BCUT2D eigenvalue weighted by molar-refractivity contribution is -0.160. The number of rotatable bonds is 5. The van der Waals surface area contributed by atoms with Crippen LogP contribution in [-0.4, -0.2) is 61.6 Å². The van der Waals surface area contributed by atoms with Gasteiger partial charge in [-0.1, -0.05) is 6.92 Å². The molecule has 2 N–H and O–H groups in total. The van der Waals surface area contributed by atoms with Crippen LogP contribution >= 0.6 is 12.4 Å². The predicted octanol–water partition coefficient (Wildman–Crippen LogP) is 1.08. The molecule has 0 aromatic heterocycles. The van der Waals surface area contributed by atoms with Crippen LogP contribution in [0.2, 0.25) is 0 Å². The van der Waals surface area contributed by atoms with Crippen LogP contribution in [0.5, 0.6) is 0 Å². The summed E-state index contributed by atoms with van der Waals surface area (Å²) in [4.78, 5) is 26.6. The van der Waals surface area contributed by atoms with Gasteiger partial charge in [0.15, 0.2) is 0 Å². The van der Waals surface area contributed by atoms with Gasteiger partial charge in [0.2, 0.25) is 5.91 Å². The Hall–Kier alpha value is -0.850. The first-order valence-corrected chi connectivity index (χ1v) is 8.46. The van der Waals surface area contributed by atoms with Crippen LogP contribution in [0.15, 0.2) is 0 Å². The third-order valence-electron chi connectivity index (χ3n) is 4.74. The van der Waals surface area contributed by atoms with E-state index in [-0.39, 0.29) is 30.3 Å². The molecule has 2 fully saturated rings. The topological polar surface area (TPSA) is 70.7 Å². The molecule has 7 heteroatoms. The zero-order valence-corrected chi connectivity index (χ0v) is 15.0. The molecule has 0 aromatic carbocycles. The second-order valence-corrected chi connectivity index (χ2v) is 6.36. The fraction of sp³-hybridized carbons (Fsp3) is 0.875. The first kappa shape index (κ1) is 20.2. The summed E-state index contributed by atoms with van der Waals surface area (Å²) in [6.07, 6.45) is 4.71. The van der Waals surface area contributed by atoms with Crippen LogP contribution < -0.4 is 10.6 Å². The minimum atomic E-state index is -0.680. The average Bonchev–Trinajstić information content (AvgIpc) is 2.55. The molecule has 0 aliphatic carbocycles. The van der Waals surface area contributed by atoms with Crippen LogP contribution in [0.3, 0.4) is 0 Å². The van der Waals surface area contributed by atoms with Crippen molar-refractivity contribution in [3.05, 3.63) is 0 Å². The molecule has 1 atom stereocenters. The minimum Gasteiger partial charge on any atom is -0.368 e. The highest BCUT2D eigenvalue weighted by molar-refractivity contribution is 5.86. The van der Waals surface area contributed by atoms with E-state index in [9.17, 15) is 9.59 Å². The monoisotopic (exact) mass is 347 g/mol. The molecule has 2 rings (SSSR count). The number of carbonyl (C=O) groups is 2. The number of carbonyl (C=O) groups excluding carboxylic acids is 2. The summed E-state index contributed by atoms with van der Waals surface area (Å²) < 4.78 is 5.63. The first-order valence-electron chi connectivity index (χ1n) is 8.46. The molecule has 2 amide bonds. The number of amides is 2. The molecule has 134 valence electrons. The molecule has 2 aliphatic heterocycles. The molecule has 0 spiro atoms. The van der Waals surface area contributed by atoms with Gasteiger partial charge in [0.05, 0.1) is 0 Å². The summed E-state index contributed by atoms with van der Waals surface area (Å²) in [6, 6.07) is 0.0763. The highest BCUT2D eigenvalue weighted by atomic mass is 35.5. The maximum absolute atomic E-state index is 12.9. The number of piperidine rings is 2. The molecule has 2 saturated heterocycles. The Morgan fingerprint density at radius 3 is 2.65 bits per heavy atom. The van der Waals surface area contributed by atoms with E-state index in [4.69, 9.17) is 4.74 Å². The van der Waals surface area contributed by atoms with Crippen molar-refractivity contribution in [3.8, 4) is 0 Å². The lowest BCUT2D eigenvalue weighted by atomic mass is 9.89. The second-order valence-electron chi connectivity index (χ2n) is 6.36. The zero-order chi connectivity index (χ0) is 16.0. The van der Waals surface area contributed by atoms with Crippen LogP contribution in [0.1, 0.15) is 45.4 Å². The van der Waals surface area contributed by atoms with Gasteiger partial charge in [-0.2, -0.15) is 0 Å². The average molecular weight is 348 g/mol. The second kappa shape index (κ2) is 9.45. The third-order valence-corrected chi connectivity index (χ3v) is 4.74. The number of halogens is 1. The van der Waals surface area contributed by atoms with Crippen molar-refractivity contribution in [3.63, 3.8) is 0 Å². The zero-order valence-electron chi connectivity index (χ0n) is 14.2. The van der Waals surface area contributed by atoms with Gasteiger partial charge in [-0.25, -0.2) is 0 Å². The van der Waals surface area contributed by atoms with Gasteiger partial charge in [0, 0.05) is 32.7 Å². The normalized spacial score (nSPS) is 23.7. The van der Waals surface area contributed by atoms with Crippen LogP contribution in [0, 0.1) is 0 Å². The standard InChI is InChI=1S/C16H29N3O3.ClH/c1-3-5-14(20)18-13-6-4-11-19(12-13)15(21)16(22-2)7-9-17-10-8-16;/h13,17H,3-12H2,1-2H3,(H,18,20);1H. The maximum Gasteiger partial charge on any atom is 0.254 e. The number of ether oxygens (including phenoxy) is 1. The van der Waals surface area contributed by atoms with Crippen molar-refractivity contribution < 1.29 is 14.3 Å². The predicted molar refractivity (Wildman–Crippen MR) is 91.7 cm³/mol. The summed E-state index contributed by atoms with van der Waals surface area (Å²) in [5, 5.41) is 6.32. The molecular weight excluding hydrogens is 318 g/mol. The van der Waals surface area contributed by atoms with Gasteiger partial charge < -0.3 is 20.3 Å². The van der Waals surface area contributed by atoms with E-state index < -0.39 is 5.60 Å². The van der Waals surface area contributed by atoms with Gasteiger partial charge in [-0.15, -0.1) is 12.4 Å². The molecule has 1 unspecified atom stereocenters. The molecule has 2 heterocycles. The van der Waals surface area contributed by atoms with Gasteiger partial charge in [0.25, 0.3) is 5.91 Å². The minimum absolute atomic E-state index is 0. The summed E-state index contributed by atoms with van der Waals surface area (Å²) in [7, 11) is 1.63. The Morgan fingerprint density at radius 2 is 2.04 bits per heavy atom. The van der Waals surface area contributed by atoms with E-state index in [0.717, 1.165) is 38.9 Å². The van der Waals surface area contributed by atoms with Crippen molar-refractivity contribution in [2.24, 2.45) is 0 Å². The number of hydrogen-bond donors (Lipinski definition) is 2. The Labute approximate surface area is 145 Å². The SMILES string of the molecule is CCCC(=O)NC1CCCN(C(=O)C2(OC)CCNCC2)C1.Cl. The molecule has 6 nitrogen and oxygen atoms in total. The van der Waals surface area contributed by atoms with Crippen molar-refractivity contribution in [1.82, 2.24) is 15.5 Å². The Kier molecular flexibility index (Phi) is 8.29. The molecule has 23 heavy (non-hydrogen) atoms. The van der Waals surface area contributed by atoms with E-state index in [0.29, 0.717) is 25.8 Å². The number of hydrogen-bond acceptors (Lipinski definition) is 4. The van der Waals surface area contributed by atoms with Gasteiger partial charge in [-0.05, 0) is 45.2 Å². The van der Waals surface area contributed by atoms with Crippen LogP contribution in [0.25, 0.3) is 0 Å². The molecule has 0 aromatic rings.